The maximum atomic E-state index is 11.8. The van der Waals surface area contributed by atoms with Crippen LogP contribution in [0.5, 0.6) is 0 Å². The first-order chi connectivity index (χ1) is 7.87. The van der Waals surface area contributed by atoms with Crippen molar-refractivity contribution in [1.29, 1.82) is 0 Å². The molecule has 0 bridgehead atoms. The van der Waals surface area contributed by atoms with Gasteiger partial charge < -0.3 is 4.74 Å². The third kappa shape index (κ3) is 4.45. The van der Waals surface area contributed by atoms with Crippen molar-refractivity contribution in [2.75, 3.05) is 20.3 Å². The number of nitrogens with zero attached hydrogens (tertiary/aromatic N) is 1. The summed E-state index contributed by atoms with van der Waals surface area (Å²) < 4.78 is 31.2. The van der Waals surface area contributed by atoms with Gasteiger partial charge >= 0.3 is 0 Å². The number of ether oxygens (including phenoxy) is 1. The van der Waals surface area contributed by atoms with Gasteiger partial charge in [-0.3, -0.25) is 5.10 Å². The van der Waals surface area contributed by atoms with Crippen LogP contribution in [-0.4, -0.2) is 38.9 Å². The molecule has 0 saturated heterocycles. The average molecular weight is 261 g/mol. The molecule has 0 fully saturated rings. The summed E-state index contributed by atoms with van der Waals surface area (Å²) in [6.45, 7) is 4.96. The highest BCUT2D eigenvalue weighted by Crippen LogP contribution is 2.19. The first-order valence-electron chi connectivity index (χ1n) is 5.35. The van der Waals surface area contributed by atoms with E-state index in [9.17, 15) is 8.42 Å². The number of hydrogen-bond acceptors (Lipinski definition) is 4. The minimum atomic E-state index is -3.46. The molecular weight excluding hydrogens is 242 g/mol. The third-order valence-corrected chi connectivity index (χ3v) is 3.88. The Hall–Kier alpha value is -0.920. The van der Waals surface area contributed by atoms with Crippen LogP contribution in [0.3, 0.4) is 0 Å². The molecule has 0 atom stereocenters. The second kappa shape index (κ2) is 5.61. The molecule has 6 nitrogen and oxygen atoms in total. The summed E-state index contributed by atoms with van der Waals surface area (Å²) in [6, 6.07) is 0. The predicted molar refractivity (Wildman–Crippen MR) is 64.1 cm³/mol. The van der Waals surface area contributed by atoms with E-state index in [-0.39, 0.29) is 10.3 Å². The SMILES string of the molecule is COCCC(C)(C)CNS(=O)(=O)c1cn[nH]c1. The molecule has 1 aromatic heterocycles. The average Bonchev–Trinajstić information content (AvgIpc) is 2.78. The number of nitrogens with one attached hydrogen (secondary N) is 2. The molecule has 0 aliphatic carbocycles. The normalized spacial score (nSPS) is 12.9. The Bertz CT molecular complexity index is 426. The fourth-order valence-electron chi connectivity index (χ4n) is 1.23. The Morgan fingerprint density at radius 2 is 2.24 bits per heavy atom. The molecule has 0 aliphatic rings. The van der Waals surface area contributed by atoms with Gasteiger partial charge in [-0.15, -0.1) is 0 Å². The summed E-state index contributed by atoms with van der Waals surface area (Å²) in [5.74, 6) is 0. The molecule has 0 unspecified atom stereocenters. The van der Waals surface area contributed by atoms with Crippen molar-refractivity contribution >= 4 is 10.0 Å². The van der Waals surface area contributed by atoms with E-state index in [0.717, 1.165) is 6.42 Å². The van der Waals surface area contributed by atoms with Crippen LogP contribution in [0.2, 0.25) is 0 Å². The summed E-state index contributed by atoms with van der Waals surface area (Å²) in [7, 11) is -1.83. The summed E-state index contributed by atoms with van der Waals surface area (Å²) in [5, 5.41) is 6.10. The molecule has 7 heteroatoms. The summed E-state index contributed by atoms with van der Waals surface area (Å²) in [4.78, 5) is 0.153. The van der Waals surface area contributed by atoms with Gasteiger partial charge in [0, 0.05) is 26.5 Å². The number of hydrogen-bond donors (Lipinski definition) is 2. The number of methoxy groups -OCH3 is 1. The molecule has 1 heterocycles. The van der Waals surface area contributed by atoms with Gasteiger partial charge in [0.2, 0.25) is 10.0 Å². The predicted octanol–water partition coefficient (Wildman–Crippen LogP) is 0.751. The minimum Gasteiger partial charge on any atom is -0.385 e. The van der Waals surface area contributed by atoms with Crippen molar-refractivity contribution in [1.82, 2.24) is 14.9 Å². The fraction of sp³-hybridized carbons (Fsp3) is 0.700. The van der Waals surface area contributed by atoms with E-state index in [1.54, 1.807) is 7.11 Å². The molecule has 0 radical (unpaired) electrons. The zero-order valence-electron chi connectivity index (χ0n) is 10.4. The highest BCUT2D eigenvalue weighted by molar-refractivity contribution is 7.89. The molecule has 17 heavy (non-hydrogen) atoms. The molecule has 0 saturated carbocycles. The van der Waals surface area contributed by atoms with Crippen molar-refractivity contribution < 1.29 is 13.2 Å². The lowest BCUT2D eigenvalue weighted by Gasteiger charge is -2.24. The van der Waals surface area contributed by atoms with Crippen LogP contribution in [0.4, 0.5) is 0 Å². The van der Waals surface area contributed by atoms with Crippen LogP contribution in [0.25, 0.3) is 0 Å². The zero-order chi connectivity index (χ0) is 12.9. The van der Waals surface area contributed by atoms with Crippen LogP contribution < -0.4 is 4.72 Å². The van der Waals surface area contributed by atoms with Crippen LogP contribution >= 0.6 is 0 Å². The van der Waals surface area contributed by atoms with Gasteiger partial charge in [0.05, 0.1) is 6.20 Å². The number of sulfonamides is 1. The second-order valence-corrected chi connectivity index (χ2v) is 6.43. The molecular formula is C10H19N3O3S. The topological polar surface area (TPSA) is 84.1 Å². The van der Waals surface area contributed by atoms with Crippen molar-refractivity contribution in [2.45, 2.75) is 25.2 Å². The van der Waals surface area contributed by atoms with E-state index >= 15 is 0 Å². The van der Waals surface area contributed by atoms with Crippen molar-refractivity contribution in [2.24, 2.45) is 5.41 Å². The van der Waals surface area contributed by atoms with Gasteiger partial charge in [-0.2, -0.15) is 5.10 Å². The van der Waals surface area contributed by atoms with E-state index in [1.807, 2.05) is 13.8 Å². The van der Waals surface area contributed by atoms with Gasteiger partial charge in [-0.05, 0) is 11.8 Å². The van der Waals surface area contributed by atoms with E-state index in [0.29, 0.717) is 13.2 Å². The number of aromatic nitrogens is 2. The Kier molecular flexibility index (Phi) is 4.67. The Labute approximate surface area is 102 Å². The zero-order valence-corrected chi connectivity index (χ0v) is 11.2. The standard InChI is InChI=1S/C10H19N3O3S/c1-10(2,4-5-16-3)8-13-17(14,15)9-6-11-12-7-9/h6-7,13H,4-5,8H2,1-3H3,(H,11,12). The van der Waals surface area contributed by atoms with Crippen LogP contribution in [0.1, 0.15) is 20.3 Å². The van der Waals surface area contributed by atoms with Gasteiger partial charge in [0.1, 0.15) is 4.90 Å². The summed E-state index contributed by atoms with van der Waals surface area (Å²) in [5.41, 5.74) is -0.146. The van der Waals surface area contributed by atoms with E-state index in [2.05, 4.69) is 14.9 Å². The van der Waals surface area contributed by atoms with E-state index < -0.39 is 10.0 Å². The van der Waals surface area contributed by atoms with Crippen molar-refractivity contribution in [3.63, 3.8) is 0 Å². The van der Waals surface area contributed by atoms with E-state index in [1.165, 1.54) is 12.4 Å². The molecule has 98 valence electrons. The number of rotatable bonds is 7. The molecule has 0 aromatic carbocycles. The maximum Gasteiger partial charge on any atom is 0.243 e. The molecule has 2 N–H and O–H groups in total. The van der Waals surface area contributed by atoms with E-state index in [4.69, 9.17) is 4.74 Å². The van der Waals surface area contributed by atoms with Crippen LogP contribution in [0, 0.1) is 5.41 Å². The van der Waals surface area contributed by atoms with Gasteiger partial charge in [-0.25, -0.2) is 13.1 Å². The molecule has 0 amide bonds. The van der Waals surface area contributed by atoms with Gasteiger partial charge in [-0.1, -0.05) is 13.8 Å². The van der Waals surface area contributed by atoms with Crippen molar-refractivity contribution in [3.05, 3.63) is 12.4 Å². The van der Waals surface area contributed by atoms with Crippen molar-refractivity contribution in [3.8, 4) is 0 Å². The molecule has 0 spiro atoms. The first-order valence-corrected chi connectivity index (χ1v) is 6.83. The monoisotopic (exact) mass is 261 g/mol. The third-order valence-electron chi connectivity index (χ3n) is 2.51. The largest absolute Gasteiger partial charge is 0.385 e. The van der Waals surface area contributed by atoms with Crippen LogP contribution in [-0.2, 0) is 14.8 Å². The lowest BCUT2D eigenvalue weighted by molar-refractivity contribution is 0.153. The minimum absolute atomic E-state index is 0.146. The maximum absolute atomic E-state index is 11.8. The quantitative estimate of drug-likeness (QED) is 0.758. The molecule has 1 aromatic rings. The highest BCUT2D eigenvalue weighted by Gasteiger charge is 2.22. The second-order valence-electron chi connectivity index (χ2n) is 4.67. The number of H-pyrrole nitrogens is 1. The summed E-state index contributed by atoms with van der Waals surface area (Å²) in [6.07, 6.45) is 3.42. The van der Waals surface area contributed by atoms with Gasteiger partial charge in [0.25, 0.3) is 0 Å². The fourth-order valence-corrected chi connectivity index (χ4v) is 2.37. The van der Waals surface area contributed by atoms with Gasteiger partial charge in [0.15, 0.2) is 0 Å². The Balaban J connectivity index is 2.56. The number of aromatic amines is 1. The summed E-state index contributed by atoms with van der Waals surface area (Å²) >= 11 is 0. The molecule has 0 aliphatic heterocycles. The Morgan fingerprint density at radius 1 is 1.53 bits per heavy atom. The Morgan fingerprint density at radius 3 is 2.76 bits per heavy atom. The molecule has 1 rings (SSSR count). The van der Waals surface area contributed by atoms with Crippen LogP contribution in [0.15, 0.2) is 17.3 Å². The smallest absolute Gasteiger partial charge is 0.243 e. The highest BCUT2D eigenvalue weighted by atomic mass is 32.2. The lowest BCUT2D eigenvalue weighted by Crippen LogP contribution is -2.34. The first kappa shape index (κ1) is 14.1. The lowest BCUT2D eigenvalue weighted by atomic mass is 9.90.